The summed E-state index contributed by atoms with van der Waals surface area (Å²) in [4.78, 5) is 26.6. The van der Waals surface area contributed by atoms with Gasteiger partial charge in [0, 0.05) is 32.0 Å². The second-order valence-corrected chi connectivity index (χ2v) is 8.79. The number of likely N-dealkylation sites (tertiary alicyclic amines) is 1. The highest BCUT2D eigenvalue weighted by atomic mass is 32.1. The highest BCUT2D eigenvalue weighted by Crippen LogP contribution is 2.27. The van der Waals surface area contributed by atoms with Crippen molar-refractivity contribution in [1.29, 1.82) is 0 Å². The van der Waals surface area contributed by atoms with Crippen LogP contribution in [-0.4, -0.2) is 58.4 Å². The number of hydrogen-bond donors (Lipinski definition) is 1. The summed E-state index contributed by atoms with van der Waals surface area (Å²) in [5.41, 5.74) is 1.40. The minimum Gasteiger partial charge on any atom is -0.344 e. The number of hydrogen-bond acceptors (Lipinski definition) is 4. The van der Waals surface area contributed by atoms with E-state index in [0.29, 0.717) is 0 Å². The molecule has 0 unspecified atom stereocenters. The first-order chi connectivity index (χ1) is 14.2. The Morgan fingerprint density at radius 2 is 2.14 bits per heavy atom. The Hall–Kier alpha value is -2.44. The van der Waals surface area contributed by atoms with Crippen LogP contribution in [-0.2, 0) is 6.42 Å². The normalized spacial score (nSPS) is 17.3. The number of piperidine rings is 1. The Labute approximate surface area is 176 Å². The van der Waals surface area contributed by atoms with Crippen molar-refractivity contribution in [3.05, 3.63) is 65.3 Å². The summed E-state index contributed by atoms with van der Waals surface area (Å²) >= 11 is 1.50. The fourth-order valence-corrected chi connectivity index (χ4v) is 4.97. The van der Waals surface area contributed by atoms with Crippen LogP contribution in [0.3, 0.4) is 0 Å². The number of nitrogens with zero attached hydrogens (tertiary/aromatic N) is 3. The molecule has 2 aromatic heterocycles. The van der Waals surface area contributed by atoms with Crippen LogP contribution in [0.2, 0.25) is 0 Å². The van der Waals surface area contributed by atoms with Crippen LogP contribution in [0, 0.1) is 0 Å². The first-order valence-corrected chi connectivity index (χ1v) is 11.2. The van der Waals surface area contributed by atoms with Gasteiger partial charge in [-0.3, -0.25) is 4.79 Å². The molecule has 6 heteroatoms. The van der Waals surface area contributed by atoms with E-state index in [-0.39, 0.29) is 11.9 Å². The van der Waals surface area contributed by atoms with Crippen LogP contribution in [0.1, 0.15) is 34.5 Å². The van der Waals surface area contributed by atoms with Gasteiger partial charge in [0.05, 0.1) is 9.75 Å². The van der Waals surface area contributed by atoms with E-state index in [4.69, 9.17) is 0 Å². The average molecular weight is 409 g/mol. The maximum absolute atomic E-state index is 13.0. The summed E-state index contributed by atoms with van der Waals surface area (Å²) in [6.45, 7) is 3.19. The molecule has 0 radical (unpaired) electrons. The fourth-order valence-electron chi connectivity index (χ4n) is 4.02. The van der Waals surface area contributed by atoms with Gasteiger partial charge in [-0.25, -0.2) is 4.98 Å². The smallest absolute Gasteiger partial charge is 0.263 e. The Morgan fingerprint density at radius 1 is 1.28 bits per heavy atom. The molecule has 1 aromatic carbocycles. The highest BCUT2D eigenvalue weighted by molar-refractivity contribution is 7.17. The van der Waals surface area contributed by atoms with Crippen LogP contribution in [0.15, 0.2) is 54.9 Å². The quantitative estimate of drug-likeness (QED) is 0.634. The molecule has 3 heterocycles. The molecule has 1 aliphatic rings. The number of aryl methyl sites for hydroxylation is 1. The Balaban J connectivity index is 1.31. The zero-order valence-corrected chi connectivity index (χ0v) is 17.7. The molecule has 1 saturated heterocycles. The molecule has 1 fully saturated rings. The number of benzene rings is 1. The average Bonchev–Trinajstić information content (AvgIpc) is 3.46. The number of aromatic amines is 1. The van der Waals surface area contributed by atoms with Gasteiger partial charge in [-0.05, 0) is 56.5 Å². The third kappa shape index (κ3) is 4.95. The number of aromatic nitrogens is 2. The van der Waals surface area contributed by atoms with Crippen molar-refractivity contribution >= 4 is 17.2 Å². The van der Waals surface area contributed by atoms with Gasteiger partial charge in [-0.1, -0.05) is 30.3 Å². The van der Waals surface area contributed by atoms with Crippen molar-refractivity contribution in [1.82, 2.24) is 19.8 Å². The molecule has 3 aromatic rings. The summed E-state index contributed by atoms with van der Waals surface area (Å²) in [5.74, 6) is 0.933. The zero-order valence-electron chi connectivity index (χ0n) is 16.9. The highest BCUT2D eigenvalue weighted by Gasteiger charge is 2.27. The Morgan fingerprint density at radius 3 is 2.93 bits per heavy atom. The number of nitrogens with one attached hydrogen (secondary N) is 1. The first-order valence-electron chi connectivity index (χ1n) is 10.3. The lowest BCUT2D eigenvalue weighted by Crippen LogP contribution is -2.48. The van der Waals surface area contributed by atoms with Gasteiger partial charge in [-0.15, -0.1) is 11.3 Å². The molecular weight excluding hydrogens is 380 g/mol. The maximum Gasteiger partial charge on any atom is 0.263 e. The number of thiophene rings is 1. The van der Waals surface area contributed by atoms with Crippen molar-refractivity contribution in [2.24, 2.45) is 0 Å². The van der Waals surface area contributed by atoms with Gasteiger partial charge in [0.2, 0.25) is 0 Å². The summed E-state index contributed by atoms with van der Waals surface area (Å²) in [7, 11) is 1.95. The third-order valence-electron chi connectivity index (χ3n) is 5.68. The minimum atomic E-state index is 0.115. The van der Waals surface area contributed by atoms with Crippen LogP contribution in [0.4, 0.5) is 0 Å². The molecule has 1 amide bonds. The molecule has 0 aliphatic carbocycles. The summed E-state index contributed by atoms with van der Waals surface area (Å²) in [6.07, 6.45) is 8.03. The molecule has 1 aliphatic heterocycles. The standard InChI is InChI=1S/C23H28N4OS/c1-26(23(28)21-12-11-20(29-21)22-24-13-14-25-22)19-10-6-16-27(17-19)15-5-9-18-7-3-2-4-8-18/h2-4,7-8,11-14,19H,5-6,9-10,15-17H2,1H3,(H,24,25)/t19-/m1/s1. The minimum absolute atomic E-state index is 0.115. The number of H-pyrrole nitrogens is 1. The Bertz CT molecular complexity index is 906. The molecule has 5 nitrogen and oxygen atoms in total. The van der Waals surface area contributed by atoms with E-state index in [1.165, 1.54) is 16.9 Å². The lowest BCUT2D eigenvalue weighted by molar-refractivity contribution is 0.0621. The molecule has 0 bridgehead atoms. The van der Waals surface area contributed by atoms with Crippen molar-refractivity contribution in [2.75, 3.05) is 26.7 Å². The van der Waals surface area contributed by atoms with Crippen molar-refractivity contribution < 1.29 is 4.79 Å². The third-order valence-corrected chi connectivity index (χ3v) is 6.76. The van der Waals surface area contributed by atoms with Crippen molar-refractivity contribution in [3.63, 3.8) is 0 Å². The van der Waals surface area contributed by atoms with Crippen molar-refractivity contribution in [2.45, 2.75) is 31.7 Å². The van der Waals surface area contributed by atoms with Gasteiger partial charge in [0.25, 0.3) is 5.91 Å². The summed E-state index contributed by atoms with van der Waals surface area (Å²) in [6, 6.07) is 14.8. The second-order valence-electron chi connectivity index (χ2n) is 7.70. The number of imidazole rings is 1. The molecule has 1 N–H and O–H groups in total. The summed E-state index contributed by atoms with van der Waals surface area (Å²) < 4.78 is 0. The zero-order chi connectivity index (χ0) is 20.1. The van der Waals surface area contributed by atoms with Gasteiger partial charge in [0.15, 0.2) is 0 Å². The maximum atomic E-state index is 13.0. The molecule has 4 rings (SSSR count). The van der Waals surface area contributed by atoms with E-state index < -0.39 is 0 Å². The van der Waals surface area contributed by atoms with Gasteiger partial charge in [0.1, 0.15) is 5.82 Å². The van der Waals surface area contributed by atoms with Crippen LogP contribution >= 0.6 is 11.3 Å². The summed E-state index contributed by atoms with van der Waals surface area (Å²) in [5, 5.41) is 0. The van der Waals surface area contributed by atoms with Crippen LogP contribution < -0.4 is 0 Å². The van der Waals surface area contributed by atoms with E-state index in [1.54, 1.807) is 12.4 Å². The van der Waals surface area contributed by atoms with Gasteiger partial charge < -0.3 is 14.8 Å². The van der Waals surface area contributed by atoms with E-state index >= 15 is 0 Å². The number of carbonyl (C=O) groups is 1. The van der Waals surface area contributed by atoms with Gasteiger partial charge >= 0.3 is 0 Å². The molecule has 1 atom stereocenters. The lowest BCUT2D eigenvalue weighted by atomic mass is 10.0. The Kier molecular flexibility index (Phi) is 6.42. The molecular formula is C23H28N4OS. The van der Waals surface area contributed by atoms with Gasteiger partial charge in [-0.2, -0.15) is 0 Å². The van der Waals surface area contributed by atoms with E-state index in [1.807, 2.05) is 24.1 Å². The predicted octanol–water partition coefficient (Wildman–Crippen LogP) is 4.31. The SMILES string of the molecule is CN(C(=O)c1ccc(-c2ncc[nH]2)s1)[C@@H]1CCCN(CCCc2ccccc2)C1. The largest absolute Gasteiger partial charge is 0.344 e. The topological polar surface area (TPSA) is 52.2 Å². The second kappa shape index (κ2) is 9.37. The number of amides is 1. The number of rotatable bonds is 7. The van der Waals surface area contributed by atoms with E-state index in [0.717, 1.165) is 60.9 Å². The predicted molar refractivity (Wildman–Crippen MR) is 118 cm³/mol. The van der Waals surface area contributed by atoms with Crippen molar-refractivity contribution in [3.8, 4) is 10.7 Å². The van der Waals surface area contributed by atoms with E-state index in [9.17, 15) is 4.79 Å². The number of likely N-dealkylation sites (N-methyl/N-ethyl adjacent to an activating group) is 1. The molecule has 0 spiro atoms. The van der Waals surface area contributed by atoms with E-state index in [2.05, 4.69) is 45.2 Å². The lowest BCUT2D eigenvalue weighted by Gasteiger charge is -2.37. The van der Waals surface area contributed by atoms with Crippen LogP contribution in [0.25, 0.3) is 10.7 Å². The fraction of sp³-hybridized carbons (Fsp3) is 0.391. The first kappa shape index (κ1) is 19.9. The molecule has 152 valence electrons. The monoisotopic (exact) mass is 408 g/mol. The van der Waals surface area contributed by atoms with Crippen LogP contribution in [0.5, 0.6) is 0 Å². The number of carbonyl (C=O) groups excluding carboxylic acids is 1. The molecule has 29 heavy (non-hydrogen) atoms. The molecule has 0 saturated carbocycles.